The second-order valence-electron chi connectivity index (χ2n) is 3.74. The molecule has 2 heteroatoms. The van der Waals surface area contributed by atoms with Crippen molar-refractivity contribution < 1.29 is 0 Å². The standard InChI is InChI=1S/C9H20N2/c1-8-4-5-9(8)11(2)7-3-6-10/h8-9H,3-7,10H2,1-2H3. The molecule has 0 aromatic heterocycles. The van der Waals surface area contributed by atoms with Crippen LogP contribution in [-0.2, 0) is 0 Å². The van der Waals surface area contributed by atoms with E-state index in [-0.39, 0.29) is 0 Å². The van der Waals surface area contributed by atoms with Crippen LogP contribution in [0, 0.1) is 5.92 Å². The quantitative estimate of drug-likeness (QED) is 0.659. The van der Waals surface area contributed by atoms with Crippen molar-refractivity contribution in [2.75, 3.05) is 20.1 Å². The molecule has 1 fully saturated rings. The minimum atomic E-state index is 0.825. The van der Waals surface area contributed by atoms with E-state index in [9.17, 15) is 0 Å². The van der Waals surface area contributed by atoms with Gasteiger partial charge < -0.3 is 10.6 Å². The van der Waals surface area contributed by atoms with Crippen molar-refractivity contribution in [2.24, 2.45) is 11.7 Å². The fourth-order valence-electron chi connectivity index (χ4n) is 1.81. The maximum Gasteiger partial charge on any atom is 0.0118 e. The summed E-state index contributed by atoms with van der Waals surface area (Å²) in [5.41, 5.74) is 5.44. The first-order chi connectivity index (χ1) is 5.25. The Labute approximate surface area is 69.8 Å². The van der Waals surface area contributed by atoms with Crippen molar-refractivity contribution >= 4 is 0 Å². The molecule has 2 unspecified atom stereocenters. The van der Waals surface area contributed by atoms with Gasteiger partial charge in [0, 0.05) is 6.04 Å². The molecule has 1 rings (SSSR count). The zero-order valence-corrected chi connectivity index (χ0v) is 7.71. The number of nitrogens with two attached hydrogens (primary N) is 1. The molecule has 1 aliphatic rings. The smallest absolute Gasteiger partial charge is 0.0118 e. The maximum absolute atomic E-state index is 5.44. The van der Waals surface area contributed by atoms with Gasteiger partial charge in [-0.15, -0.1) is 0 Å². The second-order valence-corrected chi connectivity index (χ2v) is 3.74. The van der Waals surface area contributed by atoms with Crippen LogP contribution in [0.25, 0.3) is 0 Å². The van der Waals surface area contributed by atoms with Crippen LogP contribution < -0.4 is 5.73 Å². The average Bonchev–Trinajstić information content (AvgIpc) is 1.98. The molecule has 0 bridgehead atoms. The van der Waals surface area contributed by atoms with E-state index in [1.165, 1.54) is 19.4 Å². The van der Waals surface area contributed by atoms with Crippen LogP contribution in [0.2, 0.25) is 0 Å². The summed E-state index contributed by atoms with van der Waals surface area (Å²) in [5.74, 6) is 0.915. The lowest BCUT2D eigenvalue weighted by Gasteiger charge is -2.40. The first kappa shape index (κ1) is 9.01. The highest BCUT2D eigenvalue weighted by molar-refractivity contribution is 4.84. The molecule has 0 aromatic carbocycles. The van der Waals surface area contributed by atoms with Gasteiger partial charge in [0.1, 0.15) is 0 Å². The predicted octanol–water partition coefficient (Wildman–Crippen LogP) is 1.07. The van der Waals surface area contributed by atoms with E-state index in [0.717, 1.165) is 24.9 Å². The van der Waals surface area contributed by atoms with Crippen molar-refractivity contribution in [3.05, 3.63) is 0 Å². The van der Waals surface area contributed by atoms with E-state index in [2.05, 4.69) is 18.9 Å². The molecule has 2 N–H and O–H groups in total. The summed E-state index contributed by atoms with van der Waals surface area (Å²) in [7, 11) is 2.22. The highest BCUT2D eigenvalue weighted by Gasteiger charge is 2.29. The van der Waals surface area contributed by atoms with Crippen LogP contribution >= 0.6 is 0 Å². The van der Waals surface area contributed by atoms with Crippen LogP contribution in [0.1, 0.15) is 26.2 Å². The van der Waals surface area contributed by atoms with E-state index >= 15 is 0 Å². The Bertz CT molecular complexity index is 114. The lowest BCUT2D eigenvalue weighted by atomic mass is 9.80. The molecule has 1 saturated carbocycles. The summed E-state index contributed by atoms with van der Waals surface area (Å²) >= 11 is 0. The molecule has 0 radical (unpaired) electrons. The van der Waals surface area contributed by atoms with Gasteiger partial charge in [0.15, 0.2) is 0 Å². The van der Waals surface area contributed by atoms with Gasteiger partial charge in [-0.3, -0.25) is 0 Å². The third kappa shape index (κ3) is 2.17. The first-order valence-corrected chi connectivity index (χ1v) is 4.66. The van der Waals surface area contributed by atoms with Crippen molar-refractivity contribution in [3.63, 3.8) is 0 Å². The molecule has 2 nitrogen and oxygen atoms in total. The Kier molecular flexibility index (Phi) is 3.34. The summed E-state index contributed by atoms with van der Waals surface area (Å²) in [4.78, 5) is 2.46. The summed E-state index contributed by atoms with van der Waals surface area (Å²) < 4.78 is 0. The highest BCUT2D eigenvalue weighted by Crippen LogP contribution is 2.30. The maximum atomic E-state index is 5.44. The topological polar surface area (TPSA) is 29.3 Å². The molecule has 66 valence electrons. The zero-order valence-electron chi connectivity index (χ0n) is 7.71. The van der Waals surface area contributed by atoms with Gasteiger partial charge in [0.05, 0.1) is 0 Å². The molecular formula is C9H20N2. The van der Waals surface area contributed by atoms with Crippen molar-refractivity contribution in [2.45, 2.75) is 32.2 Å². The SMILES string of the molecule is CC1CCC1N(C)CCCN. The van der Waals surface area contributed by atoms with Gasteiger partial charge >= 0.3 is 0 Å². The molecule has 0 saturated heterocycles. The van der Waals surface area contributed by atoms with Gasteiger partial charge in [0.25, 0.3) is 0 Å². The summed E-state index contributed by atoms with van der Waals surface area (Å²) in [6, 6.07) is 0.849. The summed E-state index contributed by atoms with van der Waals surface area (Å²) in [6.07, 6.45) is 3.94. The minimum absolute atomic E-state index is 0.825. The van der Waals surface area contributed by atoms with E-state index in [0.29, 0.717) is 0 Å². The Morgan fingerprint density at radius 2 is 2.18 bits per heavy atom. The predicted molar refractivity (Wildman–Crippen MR) is 48.5 cm³/mol. The molecule has 11 heavy (non-hydrogen) atoms. The van der Waals surface area contributed by atoms with E-state index in [4.69, 9.17) is 5.73 Å². The Morgan fingerprint density at radius 3 is 2.55 bits per heavy atom. The minimum Gasteiger partial charge on any atom is -0.330 e. The first-order valence-electron chi connectivity index (χ1n) is 4.66. The average molecular weight is 156 g/mol. The largest absolute Gasteiger partial charge is 0.330 e. The molecule has 0 aromatic rings. The van der Waals surface area contributed by atoms with Crippen LogP contribution in [-0.4, -0.2) is 31.1 Å². The summed E-state index contributed by atoms with van der Waals surface area (Å²) in [5, 5.41) is 0. The second kappa shape index (κ2) is 4.07. The van der Waals surface area contributed by atoms with Gasteiger partial charge in [-0.25, -0.2) is 0 Å². The van der Waals surface area contributed by atoms with Crippen LogP contribution in [0.4, 0.5) is 0 Å². The van der Waals surface area contributed by atoms with Gasteiger partial charge in [-0.1, -0.05) is 6.92 Å². The third-order valence-electron chi connectivity index (χ3n) is 2.86. The van der Waals surface area contributed by atoms with Gasteiger partial charge in [-0.2, -0.15) is 0 Å². The molecule has 0 heterocycles. The van der Waals surface area contributed by atoms with Crippen molar-refractivity contribution in [1.82, 2.24) is 4.90 Å². The molecule has 0 aliphatic heterocycles. The van der Waals surface area contributed by atoms with Crippen LogP contribution in [0.15, 0.2) is 0 Å². The Morgan fingerprint density at radius 1 is 1.45 bits per heavy atom. The van der Waals surface area contributed by atoms with Crippen LogP contribution in [0.3, 0.4) is 0 Å². The molecule has 0 amide bonds. The molecule has 2 atom stereocenters. The highest BCUT2D eigenvalue weighted by atomic mass is 15.1. The van der Waals surface area contributed by atoms with E-state index in [1.54, 1.807) is 0 Å². The fourth-order valence-corrected chi connectivity index (χ4v) is 1.81. The van der Waals surface area contributed by atoms with Gasteiger partial charge in [-0.05, 0) is 45.3 Å². The molecule has 0 spiro atoms. The Hall–Kier alpha value is -0.0800. The lowest BCUT2D eigenvalue weighted by molar-refractivity contribution is 0.0957. The number of hydrogen-bond donors (Lipinski definition) is 1. The normalized spacial score (nSPS) is 30.5. The summed E-state index contributed by atoms with van der Waals surface area (Å²) in [6.45, 7) is 4.34. The van der Waals surface area contributed by atoms with Gasteiger partial charge in [0.2, 0.25) is 0 Å². The Balaban J connectivity index is 2.13. The number of hydrogen-bond acceptors (Lipinski definition) is 2. The van der Waals surface area contributed by atoms with Crippen molar-refractivity contribution in [3.8, 4) is 0 Å². The molecule has 1 aliphatic carbocycles. The number of rotatable bonds is 4. The zero-order chi connectivity index (χ0) is 8.27. The fraction of sp³-hybridized carbons (Fsp3) is 1.00. The monoisotopic (exact) mass is 156 g/mol. The number of nitrogens with zero attached hydrogens (tertiary/aromatic N) is 1. The lowest BCUT2D eigenvalue weighted by Crippen LogP contribution is -2.44. The molecular weight excluding hydrogens is 136 g/mol. The van der Waals surface area contributed by atoms with E-state index in [1.807, 2.05) is 0 Å². The van der Waals surface area contributed by atoms with Crippen LogP contribution in [0.5, 0.6) is 0 Å². The van der Waals surface area contributed by atoms with Crippen molar-refractivity contribution in [1.29, 1.82) is 0 Å². The van der Waals surface area contributed by atoms with E-state index < -0.39 is 0 Å². The third-order valence-corrected chi connectivity index (χ3v) is 2.86.